The quantitative estimate of drug-likeness (QED) is 0.578. The van der Waals surface area contributed by atoms with E-state index in [1.54, 1.807) is 7.11 Å². The molecule has 0 amide bonds. The van der Waals surface area contributed by atoms with Gasteiger partial charge < -0.3 is 20.3 Å². The van der Waals surface area contributed by atoms with Gasteiger partial charge in [0.15, 0.2) is 5.96 Å². The number of aliphatic imine (C=N–C) groups is 1. The number of hydrogen-bond acceptors (Lipinski definition) is 5. The number of benzene rings is 1. The average molecular weight is 373 g/mol. The number of anilines is 1. The van der Waals surface area contributed by atoms with E-state index >= 15 is 0 Å². The fraction of sp³-hybridized carbons (Fsp3) is 0.650. The zero-order valence-corrected chi connectivity index (χ0v) is 16.5. The van der Waals surface area contributed by atoms with Crippen molar-refractivity contribution < 1.29 is 4.74 Å². The summed E-state index contributed by atoms with van der Waals surface area (Å²) in [5, 5.41) is 7.17. The van der Waals surface area contributed by atoms with Crippen LogP contribution in [0.4, 0.5) is 5.69 Å². The highest BCUT2D eigenvalue weighted by Gasteiger charge is 2.32. The predicted octanol–water partition coefficient (Wildman–Crippen LogP) is 0.439. The maximum absolute atomic E-state index is 5.52. The number of nitrogens with zero attached hydrogens (tertiary/aromatic N) is 4. The number of piperazine rings is 3. The summed E-state index contributed by atoms with van der Waals surface area (Å²) in [6.45, 7) is 8.98. The Morgan fingerprint density at radius 3 is 2.67 bits per heavy atom. The van der Waals surface area contributed by atoms with Crippen molar-refractivity contribution in [2.45, 2.75) is 18.5 Å². The zero-order valence-electron chi connectivity index (χ0n) is 16.5. The van der Waals surface area contributed by atoms with E-state index in [1.165, 1.54) is 38.4 Å². The summed E-state index contributed by atoms with van der Waals surface area (Å²) in [4.78, 5) is 12.0. The minimum absolute atomic E-state index is 0.396. The van der Waals surface area contributed by atoms with E-state index in [1.807, 2.05) is 19.2 Å². The van der Waals surface area contributed by atoms with Crippen molar-refractivity contribution in [2.75, 3.05) is 71.4 Å². The van der Waals surface area contributed by atoms with E-state index in [4.69, 9.17) is 4.74 Å². The maximum atomic E-state index is 5.52. The summed E-state index contributed by atoms with van der Waals surface area (Å²) in [6, 6.07) is 9.25. The molecule has 0 radical (unpaired) electrons. The van der Waals surface area contributed by atoms with Crippen molar-refractivity contribution in [3.05, 3.63) is 24.3 Å². The number of para-hydroxylation sites is 2. The van der Waals surface area contributed by atoms with Crippen LogP contribution in [0, 0.1) is 0 Å². The molecule has 0 saturated carbocycles. The standard InChI is InChI=1S/C20H32N6O/c1-21-20(22-13-17-15-24-9-11-25(17)12-10-24)23-16-7-8-26(14-16)18-5-3-4-6-19(18)27-2/h3-6,16-17H,7-15H2,1-2H3,(H2,21,22,23). The highest BCUT2D eigenvalue weighted by atomic mass is 16.5. The van der Waals surface area contributed by atoms with Crippen LogP contribution in [0.3, 0.4) is 0 Å². The number of rotatable bonds is 5. The molecule has 7 heteroatoms. The second-order valence-electron chi connectivity index (χ2n) is 7.69. The maximum Gasteiger partial charge on any atom is 0.191 e. The first-order valence-corrected chi connectivity index (χ1v) is 10.1. The third-order valence-corrected chi connectivity index (χ3v) is 6.08. The van der Waals surface area contributed by atoms with Crippen molar-refractivity contribution in [3.63, 3.8) is 0 Å². The third kappa shape index (κ3) is 4.14. The molecule has 2 atom stereocenters. The van der Waals surface area contributed by atoms with Gasteiger partial charge in [-0.2, -0.15) is 0 Å². The molecule has 1 aromatic carbocycles. The predicted molar refractivity (Wildman–Crippen MR) is 110 cm³/mol. The lowest BCUT2D eigenvalue weighted by Gasteiger charge is -2.47. The normalized spacial score (nSPS) is 30.4. The van der Waals surface area contributed by atoms with Crippen LogP contribution in [0.1, 0.15) is 6.42 Å². The van der Waals surface area contributed by atoms with Gasteiger partial charge in [0, 0.05) is 71.5 Å². The summed E-state index contributed by atoms with van der Waals surface area (Å²) in [5.41, 5.74) is 1.17. The topological polar surface area (TPSA) is 55.4 Å². The van der Waals surface area contributed by atoms with E-state index in [9.17, 15) is 0 Å². The van der Waals surface area contributed by atoms with Crippen LogP contribution in [0.5, 0.6) is 5.75 Å². The number of nitrogens with one attached hydrogen (secondary N) is 2. The van der Waals surface area contributed by atoms with Crippen LogP contribution >= 0.6 is 0 Å². The van der Waals surface area contributed by atoms with Gasteiger partial charge in [-0.3, -0.25) is 14.8 Å². The molecule has 7 nitrogen and oxygen atoms in total. The molecule has 1 aromatic rings. The number of guanidine groups is 1. The molecule has 4 aliphatic heterocycles. The highest BCUT2D eigenvalue weighted by molar-refractivity contribution is 5.80. The lowest BCUT2D eigenvalue weighted by atomic mass is 10.1. The molecular formula is C20H32N6O. The van der Waals surface area contributed by atoms with Crippen molar-refractivity contribution in [1.82, 2.24) is 20.4 Å². The van der Waals surface area contributed by atoms with Gasteiger partial charge in [-0.15, -0.1) is 0 Å². The van der Waals surface area contributed by atoms with Gasteiger partial charge in [0.2, 0.25) is 0 Å². The molecule has 4 aliphatic rings. The second kappa shape index (κ2) is 8.35. The minimum atomic E-state index is 0.396. The minimum Gasteiger partial charge on any atom is -0.495 e. The Labute approximate surface area is 162 Å². The SMILES string of the molecule is CN=C(NCC1CN2CCN1CC2)NC1CCN(c2ccccc2OC)C1. The first-order chi connectivity index (χ1) is 13.3. The van der Waals surface area contributed by atoms with E-state index in [-0.39, 0.29) is 0 Å². The molecule has 148 valence electrons. The fourth-order valence-corrected chi connectivity index (χ4v) is 4.51. The Bertz CT molecular complexity index is 658. The molecule has 2 bridgehead atoms. The number of methoxy groups -OCH3 is 1. The van der Waals surface area contributed by atoms with Gasteiger partial charge >= 0.3 is 0 Å². The molecular weight excluding hydrogens is 340 g/mol. The van der Waals surface area contributed by atoms with Crippen LogP contribution < -0.4 is 20.3 Å². The van der Waals surface area contributed by atoms with Gasteiger partial charge in [0.1, 0.15) is 5.75 Å². The smallest absolute Gasteiger partial charge is 0.191 e. The van der Waals surface area contributed by atoms with Gasteiger partial charge in [-0.1, -0.05) is 12.1 Å². The van der Waals surface area contributed by atoms with Gasteiger partial charge in [-0.25, -0.2) is 0 Å². The Morgan fingerprint density at radius 1 is 1.15 bits per heavy atom. The van der Waals surface area contributed by atoms with E-state index < -0.39 is 0 Å². The van der Waals surface area contributed by atoms with E-state index in [0.717, 1.165) is 37.8 Å². The molecule has 2 unspecified atom stereocenters. The molecule has 4 heterocycles. The highest BCUT2D eigenvalue weighted by Crippen LogP contribution is 2.30. The summed E-state index contributed by atoms with van der Waals surface area (Å²) < 4.78 is 5.52. The molecule has 27 heavy (non-hydrogen) atoms. The van der Waals surface area contributed by atoms with Crippen molar-refractivity contribution >= 4 is 11.6 Å². The summed E-state index contributed by atoms with van der Waals surface area (Å²) in [5.74, 6) is 1.86. The Hall–Kier alpha value is -1.99. The van der Waals surface area contributed by atoms with Crippen LogP contribution in [0.15, 0.2) is 29.3 Å². The Balaban J connectivity index is 1.28. The lowest BCUT2D eigenvalue weighted by molar-refractivity contribution is 0.0154. The Morgan fingerprint density at radius 2 is 1.96 bits per heavy atom. The van der Waals surface area contributed by atoms with Crippen molar-refractivity contribution in [2.24, 2.45) is 4.99 Å². The molecule has 4 saturated heterocycles. The van der Waals surface area contributed by atoms with Crippen molar-refractivity contribution in [3.8, 4) is 5.75 Å². The van der Waals surface area contributed by atoms with E-state index in [2.05, 4.69) is 42.5 Å². The monoisotopic (exact) mass is 372 g/mol. The number of fused-ring (bicyclic) bond motifs is 3. The van der Waals surface area contributed by atoms with Crippen LogP contribution in [-0.2, 0) is 0 Å². The summed E-state index contributed by atoms with van der Waals surface area (Å²) in [7, 11) is 3.60. The molecule has 0 spiro atoms. The van der Waals surface area contributed by atoms with Crippen molar-refractivity contribution in [1.29, 1.82) is 0 Å². The Kier molecular flexibility index (Phi) is 5.69. The van der Waals surface area contributed by atoms with Crippen LogP contribution in [0.2, 0.25) is 0 Å². The lowest BCUT2D eigenvalue weighted by Crippen LogP contribution is -2.64. The third-order valence-electron chi connectivity index (χ3n) is 6.08. The zero-order chi connectivity index (χ0) is 18.6. The van der Waals surface area contributed by atoms with Gasteiger partial charge in [0.25, 0.3) is 0 Å². The number of hydrogen-bond donors (Lipinski definition) is 2. The number of ether oxygens (including phenoxy) is 1. The van der Waals surface area contributed by atoms with E-state index in [0.29, 0.717) is 12.1 Å². The first-order valence-electron chi connectivity index (χ1n) is 10.1. The van der Waals surface area contributed by atoms with Gasteiger partial charge in [-0.05, 0) is 18.6 Å². The first kappa shape index (κ1) is 18.4. The van der Waals surface area contributed by atoms with Crippen LogP contribution in [-0.4, -0.2) is 94.4 Å². The molecule has 0 aromatic heterocycles. The molecule has 0 aliphatic carbocycles. The average Bonchev–Trinajstić information content (AvgIpc) is 3.20. The fourth-order valence-electron chi connectivity index (χ4n) is 4.51. The second-order valence-corrected chi connectivity index (χ2v) is 7.69. The largest absolute Gasteiger partial charge is 0.495 e. The molecule has 5 rings (SSSR count). The summed E-state index contributed by atoms with van der Waals surface area (Å²) >= 11 is 0. The molecule has 4 fully saturated rings. The van der Waals surface area contributed by atoms with Gasteiger partial charge in [0.05, 0.1) is 12.8 Å². The molecule has 2 N–H and O–H groups in total. The van der Waals surface area contributed by atoms with Crippen LogP contribution in [0.25, 0.3) is 0 Å². The summed E-state index contributed by atoms with van der Waals surface area (Å²) in [6.07, 6.45) is 1.10.